The van der Waals surface area contributed by atoms with Crippen molar-refractivity contribution in [3.8, 4) is 11.5 Å². The van der Waals surface area contributed by atoms with Crippen molar-refractivity contribution in [3.05, 3.63) is 48.0 Å². The van der Waals surface area contributed by atoms with Gasteiger partial charge in [-0.2, -0.15) is 4.31 Å². The van der Waals surface area contributed by atoms with E-state index in [2.05, 4.69) is 5.32 Å². The molecule has 7 nitrogen and oxygen atoms in total. The quantitative estimate of drug-likeness (QED) is 0.717. The molecular formula is C22H28N2O5S. The molecule has 2 aromatic rings. The van der Waals surface area contributed by atoms with Crippen molar-refractivity contribution in [2.75, 3.05) is 32.1 Å². The fraction of sp³-hybridized carbons (Fsp3) is 0.409. The third kappa shape index (κ3) is 4.94. The van der Waals surface area contributed by atoms with E-state index in [1.165, 1.54) is 23.5 Å². The fourth-order valence-electron chi connectivity index (χ4n) is 3.49. The van der Waals surface area contributed by atoms with Gasteiger partial charge in [0.15, 0.2) is 0 Å². The van der Waals surface area contributed by atoms with Crippen LogP contribution in [0.1, 0.15) is 43.0 Å². The molecule has 0 bridgehead atoms. The average molecular weight is 433 g/mol. The Morgan fingerprint density at radius 1 is 1.03 bits per heavy atom. The maximum absolute atomic E-state index is 13.3. The van der Waals surface area contributed by atoms with Crippen LogP contribution in [0.15, 0.2) is 47.4 Å². The number of methoxy groups -OCH3 is 1. The van der Waals surface area contributed by atoms with Crippen molar-refractivity contribution >= 4 is 21.6 Å². The summed E-state index contributed by atoms with van der Waals surface area (Å²) in [6.45, 7) is 3.28. The van der Waals surface area contributed by atoms with Gasteiger partial charge in [-0.3, -0.25) is 4.79 Å². The van der Waals surface area contributed by atoms with Crippen molar-refractivity contribution < 1.29 is 22.7 Å². The van der Waals surface area contributed by atoms with Gasteiger partial charge in [0, 0.05) is 18.7 Å². The van der Waals surface area contributed by atoms with E-state index >= 15 is 0 Å². The van der Waals surface area contributed by atoms with E-state index in [1.54, 1.807) is 24.3 Å². The lowest BCUT2D eigenvalue weighted by atomic mass is 10.2. The van der Waals surface area contributed by atoms with Crippen LogP contribution in [0.4, 0.5) is 5.69 Å². The second kappa shape index (κ2) is 9.95. The lowest BCUT2D eigenvalue weighted by molar-refractivity contribution is 0.102. The van der Waals surface area contributed by atoms with E-state index < -0.39 is 15.9 Å². The van der Waals surface area contributed by atoms with E-state index in [1.807, 2.05) is 13.0 Å². The van der Waals surface area contributed by atoms with Crippen LogP contribution in [-0.2, 0) is 10.0 Å². The Hall–Kier alpha value is -2.58. The smallest absolute Gasteiger partial charge is 0.255 e. The number of nitrogens with one attached hydrogen (secondary N) is 1. The molecule has 1 aliphatic heterocycles. The van der Waals surface area contributed by atoms with Gasteiger partial charge in [-0.05, 0) is 50.1 Å². The highest BCUT2D eigenvalue weighted by atomic mass is 32.2. The number of ether oxygens (including phenoxy) is 2. The van der Waals surface area contributed by atoms with Crippen LogP contribution in [0, 0.1) is 0 Å². The van der Waals surface area contributed by atoms with E-state index in [-0.39, 0.29) is 16.2 Å². The SMILES string of the molecule is CCOc1ccccc1NC(=O)c1ccc(OC)c(S(=O)(=O)N2CCCCCC2)c1. The summed E-state index contributed by atoms with van der Waals surface area (Å²) in [5, 5.41) is 2.80. The molecule has 1 aliphatic rings. The molecule has 1 fully saturated rings. The summed E-state index contributed by atoms with van der Waals surface area (Å²) in [6.07, 6.45) is 3.70. The minimum absolute atomic E-state index is 0.0117. The zero-order valence-electron chi connectivity index (χ0n) is 17.4. The van der Waals surface area contributed by atoms with Gasteiger partial charge in [-0.1, -0.05) is 25.0 Å². The van der Waals surface area contributed by atoms with Crippen molar-refractivity contribution in [1.82, 2.24) is 4.31 Å². The molecule has 162 valence electrons. The average Bonchev–Trinajstić information content (AvgIpc) is 3.05. The second-order valence-corrected chi connectivity index (χ2v) is 8.97. The molecule has 0 saturated carbocycles. The third-order valence-corrected chi connectivity index (χ3v) is 6.96. The number of sulfonamides is 1. The maximum Gasteiger partial charge on any atom is 0.255 e. The summed E-state index contributed by atoms with van der Waals surface area (Å²) in [5.74, 6) is 0.363. The predicted octanol–water partition coefficient (Wildman–Crippen LogP) is 3.91. The van der Waals surface area contributed by atoms with Gasteiger partial charge in [-0.15, -0.1) is 0 Å². The molecule has 1 N–H and O–H groups in total. The lowest BCUT2D eigenvalue weighted by Gasteiger charge is -2.21. The Bertz CT molecular complexity index is 983. The number of rotatable bonds is 7. The molecule has 3 rings (SSSR count). The Morgan fingerprint density at radius 3 is 2.40 bits per heavy atom. The van der Waals surface area contributed by atoms with Crippen LogP contribution in [0.5, 0.6) is 11.5 Å². The molecule has 0 unspecified atom stereocenters. The van der Waals surface area contributed by atoms with Gasteiger partial charge in [0.05, 0.1) is 19.4 Å². The Kier molecular flexibility index (Phi) is 7.33. The van der Waals surface area contributed by atoms with Gasteiger partial charge in [-0.25, -0.2) is 8.42 Å². The first-order chi connectivity index (χ1) is 14.5. The number of amides is 1. The summed E-state index contributed by atoms with van der Waals surface area (Å²) in [5.41, 5.74) is 0.757. The minimum Gasteiger partial charge on any atom is -0.495 e. The van der Waals surface area contributed by atoms with Gasteiger partial charge in [0.1, 0.15) is 16.4 Å². The molecule has 8 heteroatoms. The molecule has 30 heavy (non-hydrogen) atoms. The number of benzene rings is 2. The Labute approximate surface area is 178 Å². The first kappa shape index (κ1) is 22.1. The monoisotopic (exact) mass is 432 g/mol. The molecule has 1 amide bonds. The summed E-state index contributed by atoms with van der Waals surface area (Å²) < 4.78 is 38.9. The number of hydrogen-bond acceptors (Lipinski definition) is 5. The zero-order chi connectivity index (χ0) is 21.6. The van der Waals surface area contributed by atoms with Crippen molar-refractivity contribution in [1.29, 1.82) is 0 Å². The first-order valence-electron chi connectivity index (χ1n) is 10.2. The van der Waals surface area contributed by atoms with Gasteiger partial charge < -0.3 is 14.8 Å². The standard InChI is InChI=1S/C22H28N2O5S/c1-3-29-19-11-7-6-10-18(19)23-22(25)17-12-13-20(28-2)21(16-17)30(26,27)24-14-8-4-5-9-15-24/h6-7,10-13,16H,3-5,8-9,14-15H2,1-2H3,(H,23,25). The second-order valence-electron chi connectivity index (χ2n) is 7.07. The fourth-order valence-corrected chi connectivity index (χ4v) is 5.18. The normalized spacial score (nSPS) is 15.3. The zero-order valence-corrected chi connectivity index (χ0v) is 18.2. The molecule has 1 saturated heterocycles. The van der Waals surface area contributed by atoms with E-state index in [9.17, 15) is 13.2 Å². The van der Waals surface area contributed by atoms with Gasteiger partial charge in [0.2, 0.25) is 10.0 Å². The van der Waals surface area contributed by atoms with E-state index in [0.29, 0.717) is 31.1 Å². The number of carbonyl (C=O) groups excluding carboxylic acids is 1. The Balaban J connectivity index is 1.91. The number of hydrogen-bond donors (Lipinski definition) is 1. The molecular weight excluding hydrogens is 404 g/mol. The molecule has 2 aromatic carbocycles. The minimum atomic E-state index is -3.77. The highest BCUT2D eigenvalue weighted by Gasteiger charge is 2.29. The van der Waals surface area contributed by atoms with Crippen molar-refractivity contribution in [3.63, 3.8) is 0 Å². The van der Waals surface area contributed by atoms with Gasteiger partial charge >= 0.3 is 0 Å². The maximum atomic E-state index is 13.3. The predicted molar refractivity (Wildman–Crippen MR) is 116 cm³/mol. The number of nitrogens with zero attached hydrogens (tertiary/aromatic N) is 1. The summed E-state index contributed by atoms with van der Waals surface area (Å²) in [6, 6.07) is 11.6. The number of para-hydroxylation sites is 2. The topological polar surface area (TPSA) is 84.9 Å². The third-order valence-electron chi connectivity index (χ3n) is 5.04. The molecule has 0 radical (unpaired) electrons. The highest BCUT2D eigenvalue weighted by Crippen LogP contribution is 2.30. The number of carbonyl (C=O) groups is 1. The van der Waals surface area contributed by atoms with E-state index in [4.69, 9.17) is 9.47 Å². The molecule has 1 heterocycles. The van der Waals surface area contributed by atoms with Crippen molar-refractivity contribution in [2.45, 2.75) is 37.5 Å². The van der Waals surface area contributed by atoms with E-state index in [0.717, 1.165) is 25.7 Å². The summed E-state index contributed by atoms with van der Waals surface area (Å²) >= 11 is 0. The summed E-state index contributed by atoms with van der Waals surface area (Å²) in [7, 11) is -2.34. The van der Waals surface area contributed by atoms with Crippen molar-refractivity contribution in [2.24, 2.45) is 0 Å². The first-order valence-corrected chi connectivity index (χ1v) is 11.6. The molecule has 0 aromatic heterocycles. The lowest BCUT2D eigenvalue weighted by Crippen LogP contribution is -2.32. The van der Waals surface area contributed by atoms with Crippen LogP contribution >= 0.6 is 0 Å². The molecule has 0 spiro atoms. The largest absolute Gasteiger partial charge is 0.495 e. The van der Waals surface area contributed by atoms with Crippen LogP contribution in [-0.4, -0.2) is 45.4 Å². The molecule has 0 aliphatic carbocycles. The Morgan fingerprint density at radius 2 is 1.73 bits per heavy atom. The van der Waals surface area contributed by atoms with Crippen LogP contribution in [0.2, 0.25) is 0 Å². The molecule has 0 atom stereocenters. The van der Waals surface area contributed by atoms with Crippen LogP contribution < -0.4 is 14.8 Å². The highest BCUT2D eigenvalue weighted by molar-refractivity contribution is 7.89. The summed E-state index contributed by atoms with van der Waals surface area (Å²) in [4.78, 5) is 12.9. The van der Waals surface area contributed by atoms with Crippen LogP contribution in [0.3, 0.4) is 0 Å². The van der Waals surface area contributed by atoms with Crippen LogP contribution in [0.25, 0.3) is 0 Å². The van der Waals surface area contributed by atoms with Gasteiger partial charge in [0.25, 0.3) is 5.91 Å². The number of anilines is 1.